The molecule has 1 N–H and O–H groups in total. The van der Waals surface area contributed by atoms with Gasteiger partial charge in [-0.05, 0) is 19.4 Å². The van der Waals surface area contributed by atoms with Crippen molar-refractivity contribution in [1.29, 1.82) is 0 Å². The number of aromatic nitrogens is 2. The van der Waals surface area contributed by atoms with E-state index in [0.29, 0.717) is 23.7 Å². The maximum absolute atomic E-state index is 5.65. The molecule has 2 heterocycles. The van der Waals surface area contributed by atoms with Gasteiger partial charge in [-0.2, -0.15) is 0 Å². The van der Waals surface area contributed by atoms with Crippen LogP contribution in [-0.4, -0.2) is 29.2 Å². The fourth-order valence-corrected chi connectivity index (χ4v) is 1.55. The summed E-state index contributed by atoms with van der Waals surface area (Å²) in [6, 6.07) is 0.831. The van der Waals surface area contributed by atoms with E-state index < -0.39 is 0 Å². The lowest BCUT2D eigenvalue weighted by atomic mass is 10.2. The van der Waals surface area contributed by atoms with Crippen LogP contribution in [-0.2, 0) is 0 Å². The van der Waals surface area contributed by atoms with Gasteiger partial charge in [-0.25, -0.2) is 9.97 Å². The molecule has 5 heteroatoms. The van der Waals surface area contributed by atoms with E-state index in [4.69, 9.17) is 16.3 Å². The molecule has 0 spiro atoms. The summed E-state index contributed by atoms with van der Waals surface area (Å²) in [5.74, 6) is 0. The smallest absolute Gasteiger partial charge is 0.316 e. The molecule has 1 aliphatic rings. The van der Waals surface area contributed by atoms with E-state index in [1.54, 1.807) is 0 Å². The van der Waals surface area contributed by atoms with Gasteiger partial charge in [-0.1, -0.05) is 11.6 Å². The standard InChI is InChI=1S/C9H12ClN3O/c10-7-4-12-9(13-5-7)14-6-8-2-1-3-11-8/h4-5,8,11H,1-3,6H2/t8-/m0/s1. The highest BCUT2D eigenvalue weighted by Crippen LogP contribution is 2.09. The van der Waals surface area contributed by atoms with E-state index in [1.165, 1.54) is 18.8 Å². The molecule has 0 saturated carbocycles. The van der Waals surface area contributed by atoms with E-state index in [-0.39, 0.29) is 0 Å². The fourth-order valence-electron chi connectivity index (χ4n) is 1.45. The minimum Gasteiger partial charge on any atom is -0.462 e. The lowest BCUT2D eigenvalue weighted by Gasteiger charge is -2.09. The SMILES string of the molecule is Clc1cnc(OC[C@@H]2CCCN2)nc1. The third-order valence-corrected chi connectivity index (χ3v) is 2.37. The van der Waals surface area contributed by atoms with Crippen molar-refractivity contribution in [3.05, 3.63) is 17.4 Å². The quantitative estimate of drug-likeness (QED) is 0.821. The molecule has 76 valence electrons. The van der Waals surface area contributed by atoms with Crippen LogP contribution in [0.2, 0.25) is 5.02 Å². The highest BCUT2D eigenvalue weighted by Gasteiger charge is 2.14. The van der Waals surface area contributed by atoms with Crippen LogP contribution >= 0.6 is 11.6 Å². The fraction of sp³-hybridized carbons (Fsp3) is 0.556. The van der Waals surface area contributed by atoms with Crippen LogP contribution in [0.3, 0.4) is 0 Å². The van der Waals surface area contributed by atoms with E-state index in [2.05, 4.69) is 15.3 Å². The van der Waals surface area contributed by atoms with Gasteiger partial charge in [-0.3, -0.25) is 0 Å². The molecule has 0 aliphatic carbocycles. The van der Waals surface area contributed by atoms with Crippen molar-refractivity contribution in [3.8, 4) is 6.01 Å². The number of hydrogen-bond acceptors (Lipinski definition) is 4. The Hall–Kier alpha value is -0.870. The minimum atomic E-state index is 0.392. The molecule has 0 radical (unpaired) electrons. The van der Waals surface area contributed by atoms with Gasteiger partial charge < -0.3 is 10.1 Å². The first-order valence-corrected chi connectivity index (χ1v) is 5.06. The average molecular weight is 214 g/mol. The second-order valence-corrected chi connectivity index (χ2v) is 3.72. The van der Waals surface area contributed by atoms with Crippen LogP contribution in [0, 0.1) is 0 Å². The molecule has 1 saturated heterocycles. The average Bonchev–Trinajstić information content (AvgIpc) is 2.70. The molecule has 1 aromatic rings. The van der Waals surface area contributed by atoms with Crippen LogP contribution in [0.25, 0.3) is 0 Å². The predicted molar refractivity (Wildman–Crippen MR) is 53.6 cm³/mol. The summed E-state index contributed by atoms with van der Waals surface area (Å²) in [5.41, 5.74) is 0. The summed E-state index contributed by atoms with van der Waals surface area (Å²) in [6.07, 6.45) is 5.45. The van der Waals surface area contributed by atoms with Crippen LogP contribution < -0.4 is 10.1 Å². The van der Waals surface area contributed by atoms with Crippen molar-refractivity contribution in [2.24, 2.45) is 0 Å². The summed E-state index contributed by atoms with van der Waals surface area (Å²) in [5, 5.41) is 3.86. The van der Waals surface area contributed by atoms with Crippen molar-refractivity contribution < 1.29 is 4.74 Å². The van der Waals surface area contributed by atoms with Crippen LogP contribution in [0.5, 0.6) is 6.01 Å². The number of nitrogens with zero attached hydrogens (tertiary/aromatic N) is 2. The van der Waals surface area contributed by atoms with Gasteiger partial charge in [0, 0.05) is 6.04 Å². The van der Waals surface area contributed by atoms with Gasteiger partial charge in [-0.15, -0.1) is 0 Å². The third-order valence-electron chi connectivity index (χ3n) is 2.17. The van der Waals surface area contributed by atoms with E-state index in [1.807, 2.05) is 0 Å². The van der Waals surface area contributed by atoms with Gasteiger partial charge >= 0.3 is 6.01 Å². The van der Waals surface area contributed by atoms with Crippen molar-refractivity contribution in [1.82, 2.24) is 15.3 Å². The second kappa shape index (κ2) is 4.57. The Kier molecular flexibility index (Phi) is 3.16. The molecule has 1 aromatic heterocycles. The summed E-state index contributed by atoms with van der Waals surface area (Å²) in [6.45, 7) is 1.71. The molecule has 1 aliphatic heterocycles. The Bertz CT molecular complexity index is 285. The minimum absolute atomic E-state index is 0.392. The molecule has 2 rings (SSSR count). The molecule has 1 atom stereocenters. The Labute approximate surface area is 87.7 Å². The van der Waals surface area contributed by atoms with E-state index in [9.17, 15) is 0 Å². The van der Waals surface area contributed by atoms with Crippen LogP contribution in [0.4, 0.5) is 0 Å². The zero-order chi connectivity index (χ0) is 9.80. The summed E-state index contributed by atoms with van der Waals surface area (Å²) in [4.78, 5) is 7.89. The Balaban J connectivity index is 1.82. The lowest BCUT2D eigenvalue weighted by Crippen LogP contribution is -2.28. The lowest BCUT2D eigenvalue weighted by molar-refractivity contribution is 0.257. The number of rotatable bonds is 3. The molecule has 0 bridgehead atoms. The number of hydrogen-bond donors (Lipinski definition) is 1. The van der Waals surface area contributed by atoms with Crippen molar-refractivity contribution in [2.75, 3.05) is 13.2 Å². The van der Waals surface area contributed by atoms with Gasteiger partial charge in [0.15, 0.2) is 0 Å². The molecule has 0 unspecified atom stereocenters. The maximum Gasteiger partial charge on any atom is 0.316 e. The number of nitrogens with one attached hydrogen (secondary N) is 1. The summed E-state index contributed by atoms with van der Waals surface area (Å²) in [7, 11) is 0. The normalized spacial score (nSPS) is 21.1. The molecule has 0 amide bonds. The molecule has 0 aromatic carbocycles. The van der Waals surface area contributed by atoms with Gasteiger partial charge in [0.25, 0.3) is 0 Å². The molecule has 1 fully saturated rings. The first-order chi connectivity index (χ1) is 6.84. The highest BCUT2D eigenvalue weighted by molar-refractivity contribution is 6.30. The number of ether oxygens (including phenoxy) is 1. The highest BCUT2D eigenvalue weighted by atomic mass is 35.5. The van der Waals surface area contributed by atoms with Crippen molar-refractivity contribution in [3.63, 3.8) is 0 Å². The van der Waals surface area contributed by atoms with Crippen molar-refractivity contribution in [2.45, 2.75) is 18.9 Å². The molecule has 14 heavy (non-hydrogen) atoms. The van der Waals surface area contributed by atoms with Gasteiger partial charge in [0.1, 0.15) is 6.61 Å². The zero-order valence-corrected chi connectivity index (χ0v) is 8.50. The zero-order valence-electron chi connectivity index (χ0n) is 7.74. The van der Waals surface area contributed by atoms with Crippen LogP contribution in [0.1, 0.15) is 12.8 Å². The first-order valence-electron chi connectivity index (χ1n) is 4.68. The van der Waals surface area contributed by atoms with Crippen LogP contribution in [0.15, 0.2) is 12.4 Å². The first kappa shape index (κ1) is 9.68. The van der Waals surface area contributed by atoms with Gasteiger partial charge in [0.2, 0.25) is 0 Å². The summed E-state index contributed by atoms with van der Waals surface area (Å²) >= 11 is 5.65. The largest absolute Gasteiger partial charge is 0.462 e. The Morgan fingerprint density at radius 1 is 1.50 bits per heavy atom. The van der Waals surface area contributed by atoms with Crippen molar-refractivity contribution >= 4 is 11.6 Å². The molecule has 4 nitrogen and oxygen atoms in total. The Morgan fingerprint density at radius 2 is 2.29 bits per heavy atom. The Morgan fingerprint density at radius 3 is 2.93 bits per heavy atom. The van der Waals surface area contributed by atoms with Gasteiger partial charge in [0.05, 0.1) is 17.4 Å². The monoisotopic (exact) mass is 213 g/mol. The second-order valence-electron chi connectivity index (χ2n) is 3.29. The molecular formula is C9H12ClN3O. The van der Waals surface area contributed by atoms with E-state index in [0.717, 1.165) is 13.0 Å². The predicted octanol–water partition coefficient (Wildman–Crippen LogP) is 1.26. The van der Waals surface area contributed by atoms with E-state index >= 15 is 0 Å². The topological polar surface area (TPSA) is 47.0 Å². The third kappa shape index (κ3) is 2.56. The summed E-state index contributed by atoms with van der Waals surface area (Å²) < 4.78 is 5.40. The number of halogens is 1. The molecular weight excluding hydrogens is 202 g/mol. The maximum atomic E-state index is 5.65.